The van der Waals surface area contributed by atoms with E-state index in [1.54, 1.807) is 6.26 Å². The zero-order chi connectivity index (χ0) is 19.6. The van der Waals surface area contributed by atoms with Crippen molar-refractivity contribution in [3.05, 3.63) is 83.9 Å². The van der Waals surface area contributed by atoms with Gasteiger partial charge in [0.05, 0.1) is 16.8 Å². The molecule has 5 rings (SSSR count). The lowest BCUT2D eigenvalue weighted by Gasteiger charge is -2.10. The van der Waals surface area contributed by atoms with Crippen molar-refractivity contribution in [3.8, 4) is 11.5 Å². The van der Waals surface area contributed by atoms with Crippen LogP contribution in [0.3, 0.4) is 0 Å². The zero-order valence-electron chi connectivity index (χ0n) is 16.0. The van der Waals surface area contributed by atoms with Crippen LogP contribution in [0.25, 0.3) is 22.4 Å². The lowest BCUT2D eigenvalue weighted by atomic mass is 10.1. The fourth-order valence-corrected chi connectivity index (χ4v) is 3.51. The third kappa shape index (κ3) is 3.76. The summed E-state index contributed by atoms with van der Waals surface area (Å²) < 4.78 is 5.57. The maximum atomic E-state index is 12.9. The highest BCUT2D eigenvalue weighted by Crippen LogP contribution is 2.40. The molecule has 1 aliphatic rings. The first-order valence-electron chi connectivity index (χ1n) is 9.95. The van der Waals surface area contributed by atoms with Gasteiger partial charge in [-0.2, -0.15) is 0 Å². The summed E-state index contributed by atoms with van der Waals surface area (Å²) in [5.41, 5.74) is 4.37. The Hall–Kier alpha value is -3.47. The van der Waals surface area contributed by atoms with E-state index in [4.69, 9.17) is 9.40 Å². The molecule has 4 aromatic rings. The number of aromatic nitrogens is 2. The standard InChI is InChI=1S/C24H21N3O2/c28-23(20-14-22(16-10-11-16)27-21-9-5-4-8-19(20)21)25-13-12-18-15-29-24(26-18)17-6-2-1-3-7-17/h1-9,14-16H,10-13H2,(H,25,28). The van der Waals surface area contributed by atoms with E-state index in [1.807, 2.05) is 60.7 Å². The van der Waals surface area contributed by atoms with E-state index in [1.165, 1.54) is 0 Å². The van der Waals surface area contributed by atoms with Crippen LogP contribution in [-0.2, 0) is 6.42 Å². The Labute approximate surface area is 168 Å². The number of para-hydroxylation sites is 1. The molecule has 1 N–H and O–H groups in total. The number of carbonyl (C=O) groups excluding carboxylic acids is 1. The number of rotatable bonds is 6. The van der Waals surface area contributed by atoms with Crippen LogP contribution in [0.2, 0.25) is 0 Å². The molecule has 5 nitrogen and oxygen atoms in total. The average Bonchev–Trinajstić information content (AvgIpc) is 3.52. The quantitative estimate of drug-likeness (QED) is 0.522. The Morgan fingerprint density at radius 1 is 1.03 bits per heavy atom. The molecule has 5 heteroatoms. The van der Waals surface area contributed by atoms with E-state index < -0.39 is 0 Å². The Morgan fingerprint density at radius 2 is 1.83 bits per heavy atom. The molecule has 0 saturated heterocycles. The molecule has 2 heterocycles. The van der Waals surface area contributed by atoms with Crippen LogP contribution in [0.5, 0.6) is 0 Å². The molecule has 2 aromatic heterocycles. The van der Waals surface area contributed by atoms with Crippen molar-refractivity contribution < 1.29 is 9.21 Å². The van der Waals surface area contributed by atoms with Crippen LogP contribution in [0, 0.1) is 0 Å². The molecule has 0 unspecified atom stereocenters. The van der Waals surface area contributed by atoms with Gasteiger partial charge in [-0.1, -0.05) is 36.4 Å². The van der Waals surface area contributed by atoms with E-state index in [2.05, 4.69) is 10.3 Å². The Balaban J connectivity index is 1.28. The lowest BCUT2D eigenvalue weighted by molar-refractivity contribution is 0.0955. The van der Waals surface area contributed by atoms with Crippen molar-refractivity contribution >= 4 is 16.8 Å². The van der Waals surface area contributed by atoms with Crippen molar-refractivity contribution in [2.75, 3.05) is 6.54 Å². The predicted octanol–water partition coefficient (Wildman–Crippen LogP) is 4.74. The minimum absolute atomic E-state index is 0.0720. The lowest BCUT2D eigenvalue weighted by Crippen LogP contribution is -2.26. The smallest absolute Gasteiger partial charge is 0.252 e. The second-order valence-corrected chi connectivity index (χ2v) is 7.40. The van der Waals surface area contributed by atoms with Gasteiger partial charge in [0.15, 0.2) is 0 Å². The monoisotopic (exact) mass is 383 g/mol. The highest BCUT2D eigenvalue weighted by Gasteiger charge is 2.26. The average molecular weight is 383 g/mol. The molecule has 0 atom stereocenters. The summed E-state index contributed by atoms with van der Waals surface area (Å²) >= 11 is 0. The Kier molecular flexibility index (Phi) is 4.56. The molecule has 1 fully saturated rings. The van der Waals surface area contributed by atoms with Gasteiger partial charge in [0.2, 0.25) is 5.89 Å². The molecule has 0 aliphatic heterocycles. The van der Waals surface area contributed by atoms with Gasteiger partial charge in [0, 0.05) is 35.5 Å². The number of pyridine rings is 1. The van der Waals surface area contributed by atoms with Crippen molar-refractivity contribution in [3.63, 3.8) is 0 Å². The number of oxazole rings is 1. The van der Waals surface area contributed by atoms with Crippen LogP contribution >= 0.6 is 0 Å². The van der Waals surface area contributed by atoms with Crippen LogP contribution < -0.4 is 5.32 Å². The molecular formula is C24H21N3O2. The van der Waals surface area contributed by atoms with Crippen LogP contribution in [0.4, 0.5) is 0 Å². The van der Waals surface area contributed by atoms with Gasteiger partial charge in [-0.25, -0.2) is 4.98 Å². The number of amides is 1. The summed E-state index contributed by atoms with van der Waals surface area (Å²) in [6.45, 7) is 0.495. The van der Waals surface area contributed by atoms with E-state index in [0.717, 1.165) is 40.7 Å². The second-order valence-electron chi connectivity index (χ2n) is 7.40. The van der Waals surface area contributed by atoms with E-state index in [9.17, 15) is 4.79 Å². The summed E-state index contributed by atoms with van der Waals surface area (Å²) in [5, 5.41) is 3.92. The van der Waals surface area contributed by atoms with Crippen molar-refractivity contribution in [2.24, 2.45) is 0 Å². The van der Waals surface area contributed by atoms with Crippen molar-refractivity contribution in [1.29, 1.82) is 0 Å². The normalized spacial score (nSPS) is 13.5. The third-order valence-corrected chi connectivity index (χ3v) is 5.22. The molecule has 1 saturated carbocycles. The fraction of sp³-hybridized carbons (Fsp3) is 0.208. The van der Waals surface area contributed by atoms with Gasteiger partial charge >= 0.3 is 0 Å². The van der Waals surface area contributed by atoms with Crippen molar-refractivity contribution in [1.82, 2.24) is 15.3 Å². The molecule has 1 aliphatic carbocycles. The largest absolute Gasteiger partial charge is 0.444 e. The summed E-state index contributed by atoms with van der Waals surface area (Å²) in [6, 6.07) is 19.6. The predicted molar refractivity (Wildman–Crippen MR) is 112 cm³/mol. The minimum Gasteiger partial charge on any atom is -0.444 e. The molecule has 144 valence electrons. The number of nitrogens with one attached hydrogen (secondary N) is 1. The van der Waals surface area contributed by atoms with Gasteiger partial charge in [-0.05, 0) is 37.1 Å². The second kappa shape index (κ2) is 7.51. The first-order chi connectivity index (χ1) is 14.3. The van der Waals surface area contributed by atoms with E-state index >= 15 is 0 Å². The summed E-state index contributed by atoms with van der Waals surface area (Å²) in [6.07, 6.45) is 4.58. The maximum Gasteiger partial charge on any atom is 0.252 e. The molecule has 0 spiro atoms. The topological polar surface area (TPSA) is 68.0 Å². The SMILES string of the molecule is O=C(NCCc1coc(-c2ccccc2)n1)c1cc(C2CC2)nc2ccccc12. The number of hydrogen-bond donors (Lipinski definition) is 1. The molecule has 2 aromatic carbocycles. The summed E-state index contributed by atoms with van der Waals surface area (Å²) in [5.74, 6) is 1.02. The van der Waals surface area contributed by atoms with Gasteiger partial charge in [0.25, 0.3) is 5.91 Å². The number of fused-ring (bicyclic) bond motifs is 1. The van der Waals surface area contributed by atoms with Gasteiger partial charge in [-0.15, -0.1) is 0 Å². The summed E-state index contributed by atoms with van der Waals surface area (Å²) in [4.78, 5) is 22.1. The Bertz CT molecular complexity index is 1160. The van der Waals surface area contributed by atoms with E-state index in [0.29, 0.717) is 30.3 Å². The number of benzene rings is 2. The van der Waals surface area contributed by atoms with Gasteiger partial charge < -0.3 is 9.73 Å². The molecule has 0 bridgehead atoms. The third-order valence-electron chi connectivity index (χ3n) is 5.22. The highest BCUT2D eigenvalue weighted by atomic mass is 16.3. The molecule has 1 amide bonds. The summed E-state index contributed by atoms with van der Waals surface area (Å²) in [7, 11) is 0. The first kappa shape index (κ1) is 17.6. The molecule has 0 radical (unpaired) electrons. The number of hydrogen-bond acceptors (Lipinski definition) is 4. The van der Waals surface area contributed by atoms with Crippen LogP contribution in [0.1, 0.15) is 40.5 Å². The van der Waals surface area contributed by atoms with Crippen LogP contribution in [-0.4, -0.2) is 22.4 Å². The highest BCUT2D eigenvalue weighted by molar-refractivity contribution is 6.06. The maximum absolute atomic E-state index is 12.9. The van der Waals surface area contributed by atoms with Crippen molar-refractivity contribution in [2.45, 2.75) is 25.2 Å². The Morgan fingerprint density at radius 3 is 2.66 bits per heavy atom. The van der Waals surface area contributed by atoms with Crippen LogP contribution in [0.15, 0.2) is 71.3 Å². The molecule has 29 heavy (non-hydrogen) atoms. The van der Waals surface area contributed by atoms with Gasteiger partial charge in [0.1, 0.15) is 6.26 Å². The number of nitrogens with zero attached hydrogens (tertiary/aromatic N) is 2. The van der Waals surface area contributed by atoms with E-state index in [-0.39, 0.29) is 5.91 Å². The van der Waals surface area contributed by atoms with Gasteiger partial charge in [-0.3, -0.25) is 9.78 Å². The zero-order valence-corrected chi connectivity index (χ0v) is 16.0. The first-order valence-corrected chi connectivity index (χ1v) is 9.95. The fourth-order valence-electron chi connectivity index (χ4n) is 3.51. The number of carbonyl (C=O) groups is 1. The molecular weight excluding hydrogens is 362 g/mol. The minimum atomic E-state index is -0.0720.